The molecule has 1 fully saturated rings. The smallest absolute Gasteiger partial charge is 0.320 e. The quantitative estimate of drug-likeness (QED) is 0.655. The second-order valence-electron chi connectivity index (χ2n) is 7.23. The Morgan fingerprint density at radius 1 is 1.15 bits per heavy atom. The Hall–Kier alpha value is -2.33. The second kappa shape index (κ2) is 9.56. The molecule has 144 valence electrons. The van der Waals surface area contributed by atoms with E-state index in [2.05, 4.69) is 24.0 Å². The Kier molecular flexibility index (Phi) is 6.88. The van der Waals surface area contributed by atoms with Crippen LogP contribution in [0.3, 0.4) is 0 Å². The molecule has 1 heterocycles. The molecule has 0 radical (unpaired) electrons. The fourth-order valence-electron chi connectivity index (χ4n) is 3.92. The minimum absolute atomic E-state index is 0.116. The third-order valence-electron chi connectivity index (χ3n) is 5.28. The fourth-order valence-corrected chi connectivity index (χ4v) is 3.92. The summed E-state index contributed by atoms with van der Waals surface area (Å²) in [7, 11) is 0. The van der Waals surface area contributed by atoms with E-state index in [1.54, 1.807) is 0 Å². The molecule has 2 unspecified atom stereocenters. The zero-order chi connectivity index (χ0) is 19.1. The molecule has 0 saturated carbocycles. The predicted octanol–water partition coefficient (Wildman–Crippen LogP) is 5.65. The van der Waals surface area contributed by atoms with Gasteiger partial charge in [-0.05, 0) is 55.6 Å². The number of aliphatic carboxylic acids is 1. The molecule has 0 aliphatic carbocycles. The van der Waals surface area contributed by atoms with Crippen LogP contribution in [-0.4, -0.2) is 28.6 Å². The largest absolute Gasteiger partial charge is 0.480 e. The summed E-state index contributed by atoms with van der Waals surface area (Å²) in [5, 5.41) is 9.71. The molecule has 4 nitrogen and oxygen atoms in total. The van der Waals surface area contributed by atoms with Gasteiger partial charge in [-0.1, -0.05) is 56.5 Å². The van der Waals surface area contributed by atoms with Gasteiger partial charge in [-0.2, -0.15) is 0 Å². The number of rotatable bonds is 8. The minimum Gasteiger partial charge on any atom is -0.480 e. The zero-order valence-electron chi connectivity index (χ0n) is 16.0. The summed E-state index contributed by atoms with van der Waals surface area (Å²) in [5.41, 5.74) is 1.14. The average molecular weight is 367 g/mol. The van der Waals surface area contributed by atoms with Crippen LogP contribution in [0, 0.1) is 0 Å². The van der Waals surface area contributed by atoms with E-state index in [4.69, 9.17) is 4.74 Å². The number of benzene rings is 2. The van der Waals surface area contributed by atoms with Crippen molar-refractivity contribution in [2.45, 2.75) is 57.5 Å². The van der Waals surface area contributed by atoms with Crippen LogP contribution in [0.2, 0.25) is 0 Å². The lowest BCUT2D eigenvalue weighted by Gasteiger charge is -2.39. The Balaban J connectivity index is 1.85. The first kappa shape index (κ1) is 19.4. The minimum atomic E-state index is -0.701. The number of nitrogens with zero attached hydrogens (tertiary/aromatic N) is 1. The zero-order valence-corrected chi connectivity index (χ0v) is 16.0. The second-order valence-corrected chi connectivity index (χ2v) is 7.23. The van der Waals surface area contributed by atoms with Crippen molar-refractivity contribution >= 4 is 5.97 Å². The van der Waals surface area contributed by atoms with Gasteiger partial charge in [0.1, 0.15) is 17.5 Å². The molecule has 4 heteroatoms. The van der Waals surface area contributed by atoms with Gasteiger partial charge in [-0.15, -0.1) is 0 Å². The molecule has 27 heavy (non-hydrogen) atoms. The molecule has 0 spiro atoms. The lowest BCUT2D eigenvalue weighted by atomic mass is 9.93. The molecule has 1 aliphatic rings. The van der Waals surface area contributed by atoms with Crippen LogP contribution in [0.4, 0.5) is 0 Å². The highest BCUT2D eigenvalue weighted by atomic mass is 16.5. The van der Waals surface area contributed by atoms with Gasteiger partial charge in [0.15, 0.2) is 0 Å². The molecule has 0 aromatic heterocycles. The van der Waals surface area contributed by atoms with E-state index in [1.807, 2.05) is 42.5 Å². The summed E-state index contributed by atoms with van der Waals surface area (Å²) in [6, 6.07) is 17.6. The van der Waals surface area contributed by atoms with Gasteiger partial charge in [-0.3, -0.25) is 9.69 Å². The fraction of sp³-hybridized carbons (Fsp3) is 0.435. The maximum Gasteiger partial charge on any atom is 0.320 e. The molecular formula is C23H29NO3. The Morgan fingerprint density at radius 2 is 1.93 bits per heavy atom. The van der Waals surface area contributed by atoms with Gasteiger partial charge in [-0.25, -0.2) is 0 Å². The van der Waals surface area contributed by atoms with Gasteiger partial charge < -0.3 is 9.84 Å². The van der Waals surface area contributed by atoms with Crippen molar-refractivity contribution in [2.75, 3.05) is 6.54 Å². The van der Waals surface area contributed by atoms with E-state index in [0.29, 0.717) is 0 Å². The van der Waals surface area contributed by atoms with Crippen LogP contribution < -0.4 is 4.74 Å². The van der Waals surface area contributed by atoms with Gasteiger partial charge in [0.2, 0.25) is 0 Å². The first-order valence-corrected chi connectivity index (χ1v) is 10.0. The van der Waals surface area contributed by atoms with Crippen molar-refractivity contribution in [3.8, 4) is 11.5 Å². The van der Waals surface area contributed by atoms with Crippen molar-refractivity contribution in [3.63, 3.8) is 0 Å². The topological polar surface area (TPSA) is 49.8 Å². The molecule has 0 bridgehead atoms. The Labute approximate surface area is 161 Å². The summed E-state index contributed by atoms with van der Waals surface area (Å²) >= 11 is 0. The first-order chi connectivity index (χ1) is 13.2. The van der Waals surface area contributed by atoms with Crippen molar-refractivity contribution in [1.29, 1.82) is 0 Å². The van der Waals surface area contributed by atoms with Crippen LogP contribution in [-0.2, 0) is 4.79 Å². The summed E-state index contributed by atoms with van der Waals surface area (Å²) in [5.74, 6) is 0.901. The Bertz CT molecular complexity index is 731. The van der Waals surface area contributed by atoms with Crippen LogP contribution in [0.1, 0.15) is 57.1 Å². The SMILES string of the molecule is CCCCC(c1cccc(Oc2ccccc2)c1)N1CCCCC1C(=O)O. The number of carbonyl (C=O) groups is 1. The summed E-state index contributed by atoms with van der Waals surface area (Å²) in [6.45, 7) is 3.02. The molecule has 1 aliphatic heterocycles. The highest BCUT2D eigenvalue weighted by Crippen LogP contribution is 2.34. The lowest BCUT2D eigenvalue weighted by molar-refractivity contribution is -0.146. The Morgan fingerprint density at radius 3 is 2.67 bits per heavy atom. The molecule has 1 saturated heterocycles. The third kappa shape index (κ3) is 5.10. The van der Waals surface area contributed by atoms with Crippen molar-refractivity contribution in [1.82, 2.24) is 4.90 Å². The number of hydrogen-bond donors (Lipinski definition) is 1. The molecule has 3 rings (SSSR count). The van der Waals surface area contributed by atoms with E-state index in [-0.39, 0.29) is 12.1 Å². The number of carboxylic acid groups (broad SMARTS) is 1. The summed E-state index contributed by atoms with van der Waals surface area (Å²) in [4.78, 5) is 14.0. The standard InChI is InChI=1S/C23H29NO3/c1-2-3-14-21(24-16-8-7-15-22(24)23(25)26)18-10-9-13-20(17-18)27-19-11-5-4-6-12-19/h4-6,9-13,17,21-22H,2-3,7-8,14-16H2,1H3,(H,25,26). The van der Waals surface area contributed by atoms with E-state index in [0.717, 1.165) is 62.1 Å². The third-order valence-corrected chi connectivity index (χ3v) is 5.28. The van der Waals surface area contributed by atoms with E-state index >= 15 is 0 Å². The van der Waals surface area contributed by atoms with Gasteiger partial charge >= 0.3 is 5.97 Å². The van der Waals surface area contributed by atoms with Crippen LogP contribution in [0.5, 0.6) is 11.5 Å². The van der Waals surface area contributed by atoms with E-state index in [9.17, 15) is 9.90 Å². The number of likely N-dealkylation sites (tertiary alicyclic amines) is 1. The number of hydrogen-bond acceptors (Lipinski definition) is 3. The number of carboxylic acids is 1. The van der Waals surface area contributed by atoms with Crippen LogP contribution in [0.15, 0.2) is 54.6 Å². The van der Waals surface area contributed by atoms with E-state index in [1.165, 1.54) is 0 Å². The van der Waals surface area contributed by atoms with Crippen molar-refractivity contribution in [3.05, 3.63) is 60.2 Å². The maximum atomic E-state index is 11.8. The lowest BCUT2D eigenvalue weighted by Crippen LogP contribution is -2.46. The number of unbranched alkanes of at least 4 members (excludes halogenated alkanes) is 1. The molecule has 0 amide bonds. The molecule has 2 aromatic rings. The van der Waals surface area contributed by atoms with Gasteiger partial charge in [0.05, 0.1) is 0 Å². The summed E-state index contributed by atoms with van der Waals surface area (Å²) < 4.78 is 6.00. The number of ether oxygens (including phenoxy) is 1. The first-order valence-electron chi connectivity index (χ1n) is 10.0. The van der Waals surface area contributed by atoms with Crippen LogP contribution >= 0.6 is 0 Å². The number of para-hydroxylation sites is 1. The number of piperidine rings is 1. The molecule has 2 aromatic carbocycles. The van der Waals surface area contributed by atoms with E-state index < -0.39 is 5.97 Å². The molecule has 1 N–H and O–H groups in total. The monoisotopic (exact) mass is 367 g/mol. The van der Waals surface area contributed by atoms with Crippen LogP contribution in [0.25, 0.3) is 0 Å². The van der Waals surface area contributed by atoms with Crippen molar-refractivity contribution in [2.24, 2.45) is 0 Å². The highest BCUT2D eigenvalue weighted by Gasteiger charge is 2.34. The van der Waals surface area contributed by atoms with Crippen molar-refractivity contribution < 1.29 is 14.6 Å². The van der Waals surface area contributed by atoms with Gasteiger partial charge in [0, 0.05) is 6.04 Å². The van der Waals surface area contributed by atoms with Gasteiger partial charge in [0.25, 0.3) is 0 Å². The molecule has 2 atom stereocenters. The summed E-state index contributed by atoms with van der Waals surface area (Å²) in [6.07, 6.45) is 5.94. The maximum absolute atomic E-state index is 11.8. The highest BCUT2D eigenvalue weighted by molar-refractivity contribution is 5.73. The molecular weight excluding hydrogens is 338 g/mol. The predicted molar refractivity (Wildman–Crippen MR) is 107 cm³/mol. The average Bonchev–Trinajstić information content (AvgIpc) is 2.70. The normalized spacial score (nSPS) is 18.8.